The number of Topliss-reactive ketones (excluding diaryl/α,β-unsaturated/α-hetero) is 1. The number of carbonyl (C=O) groups is 2. The molecule has 0 atom stereocenters. The lowest BCUT2D eigenvalue weighted by Gasteiger charge is -2.30. The van der Waals surface area contributed by atoms with Gasteiger partial charge in [0.05, 0.1) is 15.8 Å². The highest BCUT2D eigenvalue weighted by Crippen LogP contribution is 2.26. The second-order valence-corrected chi connectivity index (χ2v) is 10.0. The highest BCUT2D eigenvalue weighted by Gasteiger charge is 2.33. The van der Waals surface area contributed by atoms with E-state index < -0.39 is 34.3 Å². The second-order valence-electron chi connectivity index (χ2n) is 6.79. The van der Waals surface area contributed by atoms with Crippen molar-refractivity contribution in [2.24, 2.45) is 5.92 Å². The van der Waals surface area contributed by atoms with E-state index in [1.54, 1.807) is 0 Å². The van der Waals surface area contributed by atoms with Gasteiger partial charge in [0.1, 0.15) is 0 Å². The molecule has 2 aromatic carbocycles. The average molecular weight is 491 g/mol. The van der Waals surface area contributed by atoms with E-state index >= 15 is 0 Å². The third-order valence-corrected chi connectivity index (χ3v) is 7.53. The first-order chi connectivity index (χ1) is 14.2. The van der Waals surface area contributed by atoms with Gasteiger partial charge in [0.15, 0.2) is 6.61 Å². The zero-order chi connectivity index (χ0) is 21.9. The van der Waals surface area contributed by atoms with Gasteiger partial charge < -0.3 is 4.74 Å². The zero-order valence-electron chi connectivity index (χ0n) is 15.7. The van der Waals surface area contributed by atoms with Crippen LogP contribution in [0.15, 0.2) is 47.4 Å². The molecule has 160 valence electrons. The summed E-state index contributed by atoms with van der Waals surface area (Å²) in [4.78, 5) is 24.7. The van der Waals surface area contributed by atoms with Crippen molar-refractivity contribution in [1.82, 2.24) is 4.31 Å². The van der Waals surface area contributed by atoms with E-state index in [9.17, 15) is 18.0 Å². The molecule has 1 aliphatic rings. The first-order valence-electron chi connectivity index (χ1n) is 9.09. The summed E-state index contributed by atoms with van der Waals surface area (Å²) in [6, 6.07) is 10.4. The third-order valence-electron chi connectivity index (χ3n) is 4.82. The Kier molecular flexibility index (Phi) is 7.42. The monoisotopic (exact) mass is 489 g/mol. The molecule has 1 heterocycles. The van der Waals surface area contributed by atoms with Crippen LogP contribution in [-0.2, 0) is 19.6 Å². The van der Waals surface area contributed by atoms with Gasteiger partial charge in [-0.05, 0) is 55.3 Å². The number of carbonyl (C=O) groups excluding carboxylic acids is 2. The molecular weight excluding hydrogens is 473 g/mol. The molecule has 0 amide bonds. The van der Waals surface area contributed by atoms with Gasteiger partial charge in [-0.1, -0.05) is 34.8 Å². The van der Waals surface area contributed by atoms with Gasteiger partial charge in [-0.25, -0.2) is 8.42 Å². The summed E-state index contributed by atoms with van der Waals surface area (Å²) in [5.74, 6) is -1.44. The van der Waals surface area contributed by atoms with Crippen molar-refractivity contribution in [3.63, 3.8) is 0 Å². The fourth-order valence-corrected chi connectivity index (χ4v) is 5.24. The van der Waals surface area contributed by atoms with Crippen molar-refractivity contribution in [3.05, 3.63) is 63.1 Å². The van der Waals surface area contributed by atoms with Gasteiger partial charge in [-0.3, -0.25) is 9.59 Å². The minimum absolute atomic E-state index is 0.151. The van der Waals surface area contributed by atoms with Crippen molar-refractivity contribution in [2.45, 2.75) is 17.7 Å². The molecule has 0 spiro atoms. The number of nitrogens with zero attached hydrogens (tertiary/aromatic N) is 1. The number of benzene rings is 2. The van der Waals surface area contributed by atoms with E-state index in [1.165, 1.54) is 46.8 Å². The number of halogens is 3. The first-order valence-corrected chi connectivity index (χ1v) is 11.7. The van der Waals surface area contributed by atoms with Crippen LogP contribution in [0.2, 0.25) is 15.1 Å². The lowest BCUT2D eigenvalue weighted by atomic mass is 9.98. The average Bonchev–Trinajstić information content (AvgIpc) is 2.72. The summed E-state index contributed by atoms with van der Waals surface area (Å²) >= 11 is 17.6. The van der Waals surface area contributed by atoms with Crippen LogP contribution in [0.3, 0.4) is 0 Å². The van der Waals surface area contributed by atoms with Crippen molar-refractivity contribution in [3.8, 4) is 0 Å². The Morgan fingerprint density at radius 2 is 1.57 bits per heavy atom. The van der Waals surface area contributed by atoms with Crippen molar-refractivity contribution >= 4 is 56.6 Å². The molecule has 3 rings (SSSR count). The van der Waals surface area contributed by atoms with E-state index in [4.69, 9.17) is 39.5 Å². The lowest BCUT2D eigenvalue weighted by molar-refractivity contribution is -0.148. The number of ketones is 1. The van der Waals surface area contributed by atoms with Gasteiger partial charge in [0, 0.05) is 28.7 Å². The van der Waals surface area contributed by atoms with E-state index in [-0.39, 0.29) is 28.6 Å². The summed E-state index contributed by atoms with van der Waals surface area (Å²) in [5.41, 5.74) is 0.220. The Morgan fingerprint density at radius 1 is 0.967 bits per heavy atom. The van der Waals surface area contributed by atoms with E-state index in [2.05, 4.69) is 0 Å². The maximum absolute atomic E-state index is 12.7. The number of piperidine rings is 1. The molecule has 1 fully saturated rings. The Bertz CT molecular complexity index is 1050. The molecular formula is C20H18Cl3NO5S. The smallest absolute Gasteiger partial charge is 0.309 e. The third kappa shape index (κ3) is 5.34. The largest absolute Gasteiger partial charge is 0.457 e. The van der Waals surface area contributed by atoms with Gasteiger partial charge in [-0.15, -0.1) is 0 Å². The van der Waals surface area contributed by atoms with Gasteiger partial charge in [0.25, 0.3) is 0 Å². The standard InChI is InChI=1S/C20H18Cl3NO5S/c21-14-1-4-16(5-2-14)30(27,28)24-9-7-13(8-10-24)20(26)29-12-19(25)17-6-3-15(22)11-18(17)23/h1-6,11,13H,7-10,12H2. The van der Waals surface area contributed by atoms with Crippen molar-refractivity contribution < 1.29 is 22.7 Å². The van der Waals surface area contributed by atoms with Gasteiger partial charge in [-0.2, -0.15) is 4.31 Å². The van der Waals surface area contributed by atoms with Gasteiger partial charge >= 0.3 is 5.97 Å². The van der Waals surface area contributed by atoms with Crippen LogP contribution in [0.25, 0.3) is 0 Å². The number of rotatable bonds is 6. The molecule has 0 bridgehead atoms. The van der Waals surface area contributed by atoms with E-state index in [0.29, 0.717) is 22.9 Å². The van der Waals surface area contributed by atoms with Crippen LogP contribution >= 0.6 is 34.8 Å². The van der Waals surface area contributed by atoms with Crippen LogP contribution in [0.1, 0.15) is 23.2 Å². The molecule has 1 aliphatic heterocycles. The molecule has 2 aromatic rings. The normalized spacial score (nSPS) is 15.7. The summed E-state index contributed by atoms with van der Waals surface area (Å²) in [7, 11) is -3.65. The minimum Gasteiger partial charge on any atom is -0.457 e. The number of sulfonamides is 1. The molecule has 0 aliphatic carbocycles. The number of ether oxygens (including phenoxy) is 1. The topological polar surface area (TPSA) is 80.8 Å². The molecule has 0 radical (unpaired) electrons. The SMILES string of the molecule is O=C(COC(=O)C1CCN(S(=O)(=O)c2ccc(Cl)cc2)CC1)c1ccc(Cl)cc1Cl. The van der Waals surface area contributed by atoms with Crippen LogP contribution in [0.4, 0.5) is 0 Å². The molecule has 10 heteroatoms. The molecule has 0 saturated carbocycles. The second kappa shape index (κ2) is 9.66. The predicted octanol–water partition coefficient (Wildman–Crippen LogP) is 4.47. The molecule has 6 nitrogen and oxygen atoms in total. The van der Waals surface area contributed by atoms with Gasteiger partial charge in [0.2, 0.25) is 15.8 Å². The maximum Gasteiger partial charge on any atom is 0.309 e. The Balaban J connectivity index is 1.54. The fourth-order valence-electron chi connectivity index (χ4n) is 3.14. The van der Waals surface area contributed by atoms with Crippen LogP contribution < -0.4 is 0 Å². The number of esters is 1. The summed E-state index contributed by atoms with van der Waals surface area (Å²) in [6.45, 7) is -0.0765. The molecule has 0 unspecified atom stereocenters. The fraction of sp³-hybridized carbons (Fsp3) is 0.300. The Morgan fingerprint density at radius 3 is 2.17 bits per heavy atom. The molecule has 1 saturated heterocycles. The minimum atomic E-state index is -3.65. The molecule has 0 aromatic heterocycles. The van der Waals surface area contributed by atoms with Crippen molar-refractivity contribution in [1.29, 1.82) is 0 Å². The lowest BCUT2D eigenvalue weighted by Crippen LogP contribution is -2.40. The highest BCUT2D eigenvalue weighted by molar-refractivity contribution is 7.89. The summed E-state index contributed by atoms with van der Waals surface area (Å²) in [5, 5.41) is 1.03. The quantitative estimate of drug-likeness (QED) is 0.441. The van der Waals surface area contributed by atoms with Crippen molar-refractivity contribution in [2.75, 3.05) is 19.7 Å². The Labute approximate surface area is 189 Å². The van der Waals surface area contributed by atoms with E-state index in [1.807, 2.05) is 0 Å². The Hall–Kier alpha value is -1.64. The number of hydrogen-bond donors (Lipinski definition) is 0. The highest BCUT2D eigenvalue weighted by atomic mass is 35.5. The maximum atomic E-state index is 12.7. The van der Waals surface area contributed by atoms with Crippen LogP contribution in [0.5, 0.6) is 0 Å². The summed E-state index contributed by atoms with van der Waals surface area (Å²) in [6.07, 6.45) is 0.614. The first kappa shape index (κ1) is 23.0. The predicted molar refractivity (Wildman–Crippen MR) is 115 cm³/mol. The van der Waals surface area contributed by atoms with Crippen LogP contribution in [-0.4, -0.2) is 44.2 Å². The summed E-state index contributed by atoms with van der Waals surface area (Å²) < 4.78 is 31.9. The van der Waals surface area contributed by atoms with Crippen LogP contribution in [0, 0.1) is 5.92 Å². The molecule has 30 heavy (non-hydrogen) atoms. The number of hydrogen-bond acceptors (Lipinski definition) is 5. The van der Waals surface area contributed by atoms with E-state index in [0.717, 1.165) is 0 Å². The zero-order valence-corrected chi connectivity index (χ0v) is 18.8. The molecule has 0 N–H and O–H groups in total.